The van der Waals surface area contributed by atoms with E-state index in [2.05, 4.69) is 5.32 Å². The van der Waals surface area contributed by atoms with E-state index in [-0.39, 0.29) is 12.1 Å². The molecule has 1 saturated heterocycles. The van der Waals surface area contributed by atoms with E-state index in [1.54, 1.807) is 7.11 Å². The number of hydrogen-bond donors (Lipinski definition) is 2. The third-order valence-corrected chi connectivity index (χ3v) is 4.58. The molecule has 3 heteroatoms. The Bertz CT molecular complexity index is 545. The van der Waals surface area contributed by atoms with Crippen LogP contribution in [0.4, 0.5) is 0 Å². The Morgan fingerprint density at radius 3 is 2.05 bits per heavy atom. The molecule has 1 heterocycles. The van der Waals surface area contributed by atoms with Crippen molar-refractivity contribution in [1.29, 1.82) is 0 Å². The van der Waals surface area contributed by atoms with Crippen molar-refractivity contribution >= 4 is 0 Å². The van der Waals surface area contributed by atoms with Gasteiger partial charge in [-0.25, -0.2) is 0 Å². The van der Waals surface area contributed by atoms with Crippen LogP contribution in [0.2, 0.25) is 0 Å². The van der Waals surface area contributed by atoms with Crippen LogP contribution in [0.25, 0.3) is 0 Å². The van der Waals surface area contributed by atoms with Crippen molar-refractivity contribution in [3.63, 3.8) is 0 Å². The minimum Gasteiger partial charge on any atom is -0.380 e. The molecule has 3 rings (SSSR count). The van der Waals surface area contributed by atoms with Crippen molar-refractivity contribution in [1.82, 2.24) is 5.32 Å². The zero-order valence-corrected chi connectivity index (χ0v) is 12.9. The fourth-order valence-electron chi connectivity index (χ4n) is 3.44. The van der Waals surface area contributed by atoms with Crippen molar-refractivity contribution in [2.75, 3.05) is 13.7 Å². The summed E-state index contributed by atoms with van der Waals surface area (Å²) in [7, 11) is 1.72. The predicted molar refractivity (Wildman–Crippen MR) is 87.7 cm³/mol. The van der Waals surface area contributed by atoms with Crippen molar-refractivity contribution in [2.45, 2.75) is 30.6 Å². The lowest BCUT2D eigenvalue weighted by Gasteiger charge is -2.43. The summed E-state index contributed by atoms with van der Waals surface area (Å²) < 4.78 is 5.67. The van der Waals surface area contributed by atoms with Gasteiger partial charge in [-0.05, 0) is 30.5 Å². The van der Waals surface area contributed by atoms with Crippen LogP contribution < -0.4 is 5.32 Å². The quantitative estimate of drug-likeness (QED) is 0.911. The zero-order chi connectivity index (χ0) is 15.4. The first-order valence-electron chi connectivity index (χ1n) is 7.86. The molecule has 0 aliphatic carbocycles. The van der Waals surface area contributed by atoms with Gasteiger partial charge < -0.3 is 15.2 Å². The first-order valence-corrected chi connectivity index (χ1v) is 7.86. The third-order valence-electron chi connectivity index (χ3n) is 4.58. The first kappa shape index (κ1) is 15.2. The lowest BCUT2D eigenvalue weighted by Crippen LogP contribution is -2.58. The molecule has 0 bridgehead atoms. The van der Waals surface area contributed by atoms with E-state index in [9.17, 15) is 5.11 Å². The largest absolute Gasteiger partial charge is 0.380 e. The number of benzene rings is 2. The van der Waals surface area contributed by atoms with Crippen LogP contribution in [0.5, 0.6) is 0 Å². The van der Waals surface area contributed by atoms with E-state index in [0.29, 0.717) is 0 Å². The van der Waals surface area contributed by atoms with Gasteiger partial charge in [0.25, 0.3) is 0 Å². The van der Waals surface area contributed by atoms with Crippen molar-refractivity contribution in [2.24, 2.45) is 0 Å². The Hall–Kier alpha value is -1.68. The normalized spacial score (nSPS) is 22.5. The zero-order valence-electron chi connectivity index (χ0n) is 12.9. The second-order valence-electron chi connectivity index (χ2n) is 5.85. The average Bonchev–Trinajstić information content (AvgIpc) is 2.62. The van der Waals surface area contributed by atoms with Crippen LogP contribution in [0, 0.1) is 0 Å². The highest BCUT2D eigenvalue weighted by Gasteiger charge is 2.45. The van der Waals surface area contributed by atoms with Gasteiger partial charge in [0.2, 0.25) is 0 Å². The maximum Gasteiger partial charge on any atom is 0.132 e. The van der Waals surface area contributed by atoms with Gasteiger partial charge in [0.05, 0.1) is 12.1 Å². The number of ether oxygens (including phenoxy) is 1. The Labute approximate surface area is 131 Å². The SMILES string of the molecule is CO[C@H]1CCCN[C@@H]1C(O)(c1ccccc1)c1ccccc1. The Balaban J connectivity index is 2.11. The number of rotatable bonds is 4. The van der Waals surface area contributed by atoms with E-state index in [0.717, 1.165) is 30.5 Å². The van der Waals surface area contributed by atoms with E-state index >= 15 is 0 Å². The molecule has 0 radical (unpaired) electrons. The second-order valence-corrected chi connectivity index (χ2v) is 5.85. The molecule has 0 spiro atoms. The highest BCUT2D eigenvalue weighted by Crippen LogP contribution is 2.37. The Kier molecular flexibility index (Phi) is 4.57. The average molecular weight is 297 g/mol. The number of aliphatic hydroxyl groups is 1. The van der Waals surface area contributed by atoms with Gasteiger partial charge in [-0.3, -0.25) is 0 Å². The van der Waals surface area contributed by atoms with E-state index in [4.69, 9.17) is 4.74 Å². The molecule has 1 aliphatic heterocycles. The van der Waals surface area contributed by atoms with Gasteiger partial charge in [0, 0.05) is 7.11 Å². The molecular formula is C19H23NO2. The monoisotopic (exact) mass is 297 g/mol. The van der Waals surface area contributed by atoms with E-state index in [1.165, 1.54) is 0 Å². The fourth-order valence-corrected chi connectivity index (χ4v) is 3.44. The Morgan fingerprint density at radius 2 is 1.55 bits per heavy atom. The highest BCUT2D eigenvalue weighted by atomic mass is 16.5. The minimum absolute atomic E-state index is 0.0147. The predicted octanol–water partition coefficient (Wildman–Crippen LogP) is 2.69. The van der Waals surface area contributed by atoms with Crippen LogP contribution in [0.3, 0.4) is 0 Å². The molecule has 116 valence electrons. The molecule has 2 aromatic rings. The second kappa shape index (κ2) is 6.61. The summed E-state index contributed by atoms with van der Waals surface area (Å²) in [5, 5.41) is 15.2. The summed E-state index contributed by atoms with van der Waals surface area (Å²) >= 11 is 0. The highest BCUT2D eigenvalue weighted by molar-refractivity contribution is 5.38. The first-order chi connectivity index (χ1) is 10.8. The molecule has 0 aromatic heterocycles. The molecule has 2 atom stereocenters. The molecule has 1 aliphatic rings. The van der Waals surface area contributed by atoms with Gasteiger partial charge in [0.15, 0.2) is 0 Å². The van der Waals surface area contributed by atoms with Crippen LogP contribution in [-0.2, 0) is 10.3 Å². The van der Waals surface area contributed by atoms with Gasteiger partial charge in [-0.15, -0.1) is 0 Å². The lowest BCUT2D eigenvalue weighted by molar-refractivity contribution is -0.0525. The molecule has 22 heavy (non-hydrogen) atoms. The molecule has 3 nitrogen and oxygen atoms in total. The number of piperidine rings is 1. The van der Waals surface area contributed by atoms with E-state index < -0.39 is 5.60 Å². The molecule has 0 saturated carbocycles. The molecule has 2 N–H and O–H groups in total. The summed E-state index contributed by atoms with van der Waals surface area (Å²) in [6.07, 6.45) is 2.00. The smallest absolute Gasteiger partial charge is 0.132 e. The van der Waals surface area contributed by atoms with Gasteiger partial charge in [-0.2, -0.15) is 0 Å². The number of methoxy groups -OCH3 is 1. The summed E-state index contributed by atoms with van der Waals surface area (Å²) in [4.78, 5) is 0. The third kappa shape index (κ3) is 2.68. The maximum atomic E-state index is 11.7. The van der Waals surface area contributed by atoms with Crippen molar-refractivity contribution in [3.8, 4) is 0 Å². The number of hydrogen-bond acceptors (Lipinski definition) is 3. The molecule has 2 aromatic carbocycles. The number of nitrogens with one attached hydrogen (secondary N) is 1. The van der Waals surface area contributed by atoms with Crippen LogP contribution in [0.1, 0.15) is 24.0 Å². The maximum absolute atomic E-state index is 11.7. The minimum atomic E-state index is -1.11. The Morgan fingerprint density at radius 1 is 1.00 bits per heavy atom. The topological polar surface area (TPSA) is 41.5 Å². The molecular weight excluding hydrogens is 274 g/mol. The molecule has 0 amide bonds. The van der Waals surface area contributed by atoms with Crippen LogP contribution in [-0.4, -0.2) is 30.9 Å². The van der Waals surface area contributed by atoms with Crippen LogP contribution >= 0.6 is 0 Å². The van der Waals surface area contributed by atoms with Gasteiger partial charge >= 0.3 is 0 Å². The van der Waals surface area contributed by atoms with Gasteiger partial charge in [0.1, 0.15) is 5.60 Å². The summed E-state index contributed by atoms with van der Waals surface area (Å²) in [6, 6.07) is 19.6. The standard InChI is InChI=1S/C19H23NO2/c1-22-17-13-8-14-20-18(17)19(21,15-9-4-2-5-10-15)16-11-6-3-7-12-16/h2-7,9-12,17-18,20-21H,8,13-14H2,1H3/t17-,18-/m0/s1. The van der Waals surface area contributed by atoms with Crippen molar-refractivity contribution in [3.05, 3.63) is 71.8 Å². The lowest BCUT2D eigenvalue weighted by atomic mass is 9.76. The van der Waals surface area contributed by atoms with Crippen molar-refractivity contribution < 1.29 is 9.84 Å². The summed E-state index contributed by atoms with van der Waals surface area (Å²) in [5.41, 5.74) is 0.675. The van der Waals surface area contributed by atoms with E-state index in [1.807, 2.05) is 60.7 Å². The molecule has 1 fully saturated rings. The summed E-state index contributed by atoms with van der Waals surface area (Å²) in [5.74, 6) is 0. The molecule has 0 unspecified atom stereocenters. The van der Waals surface area contributed by atoms with Gasteiger partial charge in [-0.1, -0.05) is 60.7 Å². The van der Waals surface area contributed by atoms with Crippen LogP contribution in [0.15, 0.2) is 60.7 Å². The summed E-state index contributed by atoms with van der Waals surface area (Å²) in [6.45, 7) is 0.895. The fraction of sp³-hybridized carbons (Fsp3) is 0.368.